The minimum absolute atomic E-state index is 0.538. The monoisotopic (exact) mass is 338 g/mol. The number of rotatable bonds is 5. The first-order chi connectivity index (χ1) is 10.8. The van der Waals surface area contributed by atoms with Gasteiger partial charge < -0.3 is 4.42 Å². The van der Waals surface area contributed by atoms with Crippen LogP contribution in [0.5, 0.6) is 0 Å². The molecule has 0 radical (unpaired) electrons. The summed E-state index contributed by atoms with van der Waals surface area (Å²) >= 11 is 7.66. The minimum atomic E-state index is 0.538. The van der Waals surface area contributed by atoms with Crippen molar-refractivity contribution in [3.8, 4) is 0 Å². The lowest BCUT2D eigenvalue weighted by molar-refractivity contribution is 0.115. The maximum absolute atomic E-state index is 5.99. The maximum atomic E-state index is 5.99. The van der Waals surface area contributed by atoms with Gasteiger partial charge >= 0.3 is 0 Å². The second-order valence-corrected chi connectivity index (χ2v) is 7.87. The zero-order valence-electron chi connectivity index (χ0n) is 12.4. The summed E-state index contributed by atoms with van der Waals surface area (Å²) in [4.78, 5) is 6.20. The summed E-state index contributed by atoms with van der Waals surface area (Å²) in [7, 11) is 0. The van der Waals surface area contributed by atoms with Gasteiger partial charge in [-0.05, 0) is 25.0 Å². The number of thiophene rings is 1. The molecule has 0 N–H and O–H groups in total. The quantitative estimate of drug-likeness (QED) is 0.838. The highest BCUT2D eigenvalue weighted by atomic mass is 35.5. The van der Waals surface area contributed by atoms with Gasteiger partial charge in [0.25, 0.3) is 0 Å². The fourth-order valence-corrected chi connectivity index (χ4v) is 3.91. The summed E-state index contributed by atoms with van der Waals surface area (Å²) in [5.41, 5.74) is 0. The second kappa shape index (κ2) is 6.28. The van der Waals surface area contributed by atoms with Crippen LogP contribution in [-0.2, 0) is 13.1 Å². The standard InChI is InChI=1S/C15H19ClN4OS/c16-13-4-3-12(22-13)9-19-5-7-20(8-6-19)10-14-17-18-15(21-14)11-1-2-11/h3-4,11H,1-2,5-10H2. The van der Waals surface area contributed by atoms with E-state index in [2.05, 4.69) is 26.1 Å². The van der Waals surface area contributed by atoms with Gasteiger partial charge in [0.15, 0.2) is 0 Å². The van der Waals surface area contributed by atoms with E-state index in [9.17, 15) is 0 Å². The second-order valence-electron chi connectivity index (χ2n) is 6.07. The van der Waals surface area contributed by atoms with Crippen LogP contribution in [0, 0.1) is 0 Å². The zero-order valence-corrected chi connectivity index (χ0v) is 13.9. The highest BCUT2D eigenvalue weighted by molar-refractivity contribution is 7.16. The van der Waals surface area contributed by atoms with Crippen molar-refractivity contribution in [1.29, 1.82) is 0 Å². The molecule has 3 heterocycles. The Morgan fingerprint density at radius 3 is 2.45 bits per heavy atom. The average Bonchev–Trinajstić information content (AvgIpc) is 3.14. The normalized spacial score (nSPS) is 20.6. The topological polar surface area (TPSA) is 45.4 Å². The van der Waals surface area contributed by atoms with E-state index in [1.165, 1.54) is 17.7 Å². The number of aromatic nitrogens is 2. The zero-order chi connectivity index (χ0) is 14.9. The largest absolute Gasteiger partial charge is 0.424 e. The van der Waals surface area contributed by atoms with E-state index in [-0.39, 0.29) is 0 Å². The van der Waals surface area contributed by atoms with Gasteiger partial charge in [-0.25, -0.2) is 0 Å². The maximum Gasteiger partial charge on any atom is 0.230 e. The lowest BCUT2D eigenvalue weighted by Crippen LogP contribution is -2.45. The molecule has 2 aliphatic rings. The molecule has 0 aromatic carbocycles. The average molecular weight is 339 g/mol. The fraction of sp³-hybridized carbons (Fsp3) is 0.600. The van der Waals surface area contributed by atoms with Crippen LogP contribution in [0.4, 0.5) is 0 Å². The third kappa shape index (κ3) is 3.51. The predicted octanol–water partition coefficient (Wildman–Crippen LogP) is 2.98. The summed E-state index contributed by atoms with van der Waals surface area (Å²) in [6, 6.07) is 4.10. The molecule has 5 nitrogen and oxygen atoms in total. The summed E-state index contributed by atoms with van der Waals surface area (Å²) in [6.07, 6.45) is 2.40. The molecule has 1 aliphatic carbocycles. The molecule has 2 aromatic heterocycles. The summed E-state index contributed by atoms with van der Waals surface area (Å²) < 4.78 is 6.62. The molecule has 4 rings (SSSR count). The van der Waals surface area contributed by atoms with Gasteiger partial charge in [-0.2, -0.15) is 0 Å². The minimum Gasteiger partial charge on any atom is -0.424 e. The van der Waals surface area contributed by atoms with Crippen molar-refractivity contribution in [1.82, 2.24) is 20.0 Å². The van der Waals surface area contributed by atoms with Crippen LogP contribution in [0.1, 0.15) is 35.4 Å². The first-order valence-corrected chi connectivity index (χ1v) is 8.97. The molecule has 2 aromatic rings. The van der Waals surface area contributed by atoms with Gasteiger partial charge in [-0.3, -0.25) is 9.80 Å². The van der Waals surface area contributed by atoms with Crippen molar-refractivity contribution in [3.63, 3.8) is 0 Å². The molecule has 7 heteroatoms. The highest BCUT2D eigenvalue weighted by Crippen LogP contribution is 2.39. The van der Waals surface area contributed by atoms with Crippen molar-refractivity contribution in [2.45, 2.75) is 31.8 Å². The smallest absolute Gasteiger partial charge is 0.230 e. The third-order valence-corrected chi connectivity index (χ3v) is 5.46. The Hall–Kier alpha value is -0.950. The molecule has 1 aliphatic heterocycles. The van der Waals surface area contributed by atoms with Crippen molar-refractivity contribution < 1.29 is 4.42 Å². The molecular weight excluding hydrogens is 320 g/mol. The SMILES string of the molecule is Clc1ccc(CN2CCN(Cc3nnc(C4CC4)o3)CC2)s1. The van der Waals surface area contributed by atoms with Crippen LogP contribution < -0.4 is 0 Å². The van der Waals surface area contributed by atoms with Crippen molar-refractivity contribution in [2.75, 3.05) is 26.2 Å². The lowest BCUT2D eigenvalue weighted by atomic mass is 10.3. The number of piperazine rings is 1. The molecule has 0 amide bonds. The lowest BCUT2D eigenvalue weighted by Gasteiger charge is -2.33. The summed E-state index contributed by atoms with van der Waals surface area (Å²) in [5, 5.41) is 8.33. The van der Waals surface area contributed by atoms with E-state index in [1.807, 2.05) is 6.07 Å². The van der Waals surface area contributed by atoms with Crippen LogP contribution in [0.3, 0.4) is 0 Å². The number of hydrogen-bond donors (Lipinski definition) is 0. The molecule has 0 bridgehead atoms. The van der Waals surface area contributed by atoms with Crippen LogP contribution in [-0.4, -0.2) is 46.2 Å². The van der Waals surface area contributed by atoms with E-state index < -0.39 is 0 Å². The third-order valence-electron chi connectivity index (χ3n) is 4.24. The Morgan fingerprint density at radius 2 is 1.82 bits per heavy atom. The molecule has 0 spiro atoms. The molecular formula is C15H19ClN4OS. The van der Waals surface area contributed by atoms with E-state index in [0.29, 0.717) is 5.92 Å². The van der Waals surface area contributed by atoms with E-state index in [4.69, 9.17) is 16.0 Å². The first kappa shape index (κ1) is 14.6. The highest BCUT2D eigenvalue weighted by Gasteiger charge is 2.29. The van der Waals surface area contributed by atoms with E-state index in [0.717, 1.165) is 55.4 Å². The van der Waals surface area contributed by atoms with Gasteiger partial charge in [-0.1, -0.05) is 11.6 Å². The van der Waals surface area contributed by atoms with Crippen LogP contribution in [0.25, 0.3) is 0 Å². The van der Waals surface area contributed by atoms with Crippen molar-refractivity contribution in [2.24, 2.45) is 0 Å². The Bertz CT molecular complexity index is 631. The molecule has 0 atom stereocenters. The first-order valence-electron chi connectivity index (χ1n) is 7.77. The molecule has 1 saturated heterocycles. The Labute approximate surface area is 138 Å². The van der Waals surface area contributed by atoms with Gasteiger partial charge in [0.2, 0.25) is 11.8 Å². The predicted molar refractivity (Wildman–Crippen MR) is 86.2 cm³/mol. The van der Waals surface area contributed by atoms with Gasteiger partial charge in [0.1, 0.15) is 0 Å². The Kier molecular flexibility index (Phi) is 4.17. The molecule has 118 valence electrons. The number of halogens is 1. The molecule has 2 fully saturated rings. The molecule has 0 unspecified atom stereocenters. The van der Waals surface area contributed by atoms with Crippen LogP contribution in [0.2, 0.25) is 4.34 Å². The van der Waals surface area contributed by atoms with E-state index >= 15 is 0 Å². The van der Waals surface area contributed by atoms with Crippen molar-refractivity contribution >= 4 is 22.9 Å². The van der Waals surface area contributed by atoms with Gasteiger partial charge in [-0.15, -0.1) is 21.5 Å². The number of hydrogen-bond acceptors (Lipinski definition) is 6. The van der Waals surface area contributed by atoms with Crippen LogP contribution in [0.15, 0.2) is 16.5 Å². The molecule has 1 saturated carbocycles. The summed E-state index contributed by atoms with van der Waals surface area (Å²) in [6.45, 7) is 5.99. The Morgan fingerprint density at radius 1 is 1.09 bits per heavy atom. The van der Waals surface area contributed by atoms with Gasteiger partial charge in [0.05, 0.1) is 10.9 Å². The van der Waals surface area contributed by atoms with Crippen molar-refractivity contribution in [3.05, 3.63) is 33.1 Å². The molecule has 22 heavy (non-hydrogen) atoms. The fourth-order valence-electron chi connectivity index (χ4n) is 2.78. The van der Waals surface area contributed by atoms with Gasteiger partial charge in [0, 0.05) is 43.5 Å². The Balaban J connectivity index is 1.26. The summed E-state index contributed by atoms with van der Waals surface area (Å²) in [5.74, 6) is 2.14. The van der Waals surface area contributed by atoms with Crippen LogP contribution >= 0.6 is 22.9 Å². The number of nitrogens with zero attached hydrogens (tertiary/aromatic N) is 4. The van der Waals surface area contributed by atoms with E-state index in [1.54, 1.807) is 11.3 Å².